The standard InChI is InChI=1S/C16H16BrNO2/c17-11-6-7-14(18)13(9-11)15(19)12-5-1-3-10-4-2-8-20-16(10)12/h1,3,5-7,9,15,19H,2,4,8,18H2. The molecule has 2 aromatic rings. The number of fused-ring (bicyclic) bond motifs is 1. The van der Waals surface area contributed by atoms with Gasteiger partial charge in [0.15, 0.2) is 0 Å². The van der Waals surface area contributed by atoms with Gasteiger partial charge in [0.1, 0.15) is 11.9 Å². The van der Waals surface area contributed by atoms with E-state index in [2.05, 4.69) is 22.0 Å². The fourth-order valence-electron chi connectivity index (χ4n) is 2.58. The van der Waals surface area contributed by atoms with Gasteiger partial charge in [-0.2, -0.15) is 0 Å². The number of rotatable bonds is 2. The maximum Gasteiger partial charge on any atom is 0.128 e. The van der Waals surface area contributed by atoms with Crippen LogP contribution in [0, 0.1) is 0 Å². The molecule has 0 aromatic heterocycles. The van der Waals surface area contributed by atoms with Gasteiger partial charge in [0.25, 0.3) is 0 Å². The first-order valence-electron chi connectivity index (χ1n) is 6.64. The number of nitrogen functional groups attached to an aromatic ring is 1. The molecule has 20 heavy (non-hydrogen) atoms. The van der Waals surface area contributed by atoms with Crippen molar-refractivity contribution in [2.75, 3.05) is 12.3 Å². The molecule has 2 aromatic carbocycles. The summed E-state index contributed by atoms with van der Waals surface area (Å²) in [5, 5.41) is 10.7. The van der Waals surface area contributed by atoms with Gasteiger partial charge in [-0.25, -0.2) is 0 Å². The molecule has 0 radical (unpaired) electrons. The van der Waals surface area contributed by atoms with Crippen molar-refractivity contribution >= 4 is 21.6 Å². The maximum atomic E-state index is 10.7. The van der Waals surface area contributed by atoms with E-state index in [0.717, 1.165) is 34.2 Å². The van der Waals surface area contributed by atoms with Crippen molar-refractivity contribution < 1.29 is 9.84 Å². The fourth-order valence-corrected chi connectivity index (χ4v) is 2.96. The predicted molar refractivity (Wildman–Crippen MR) is 82.9 cm³/mol. The second-order valence-corrected chi connectivity index (χ2v) is 5.88. The van der Waals surface area contributed by atoms with Gasteiger partial charge in [-0.05, 0) is 36.6 Å². The number of aliphatic hydroxyl groups is 1. The molecule has 1 atom stereocenters. The molecule has 104 valence electrons. The Morgan fingerprint density at radius 1 is 1.20 bits per heavy atom. The molecular weight excluding hydrogens is 318 g/mol. The number of nitrogens with two attached hydrogens (primary N) is 1. The molecule has 1 heterocycles. The molecular formula is C16H16BrNO2. The van der Waals surface area contributed by atoms with Crippen molar-refractivity contribution in [1.29, 1.82) is 0 Å². The third kappa shape index (κ3) is 2.41. The van der Waals surface area contributed by atoms with E-state index in [1.807, 2.05) is 24.3 Å². The first-order valence-corrected chi connectivity index (χ1v) is 7.43. The van der Waals surface area contributed by atoms with Gasteiger partial charge in [-0.3, -0.25) is 0 Å². The van der Waals surface area contributed by atoms with E-state index < -0.39 is 6.10 Å². The lowest BCUT2D eigenvalue weighted by Gasteiger charge is -2.23. The number of para-hydroxylation sites is 1. The van der Waals surface area contributed by atoms with Crippen molar-refractivity contribution in [3.63, 3.8) is 0 Å². The number of anilines is 1. The summed E-state index contributed by atoms with van der Waals surface area (Å²) in [5.74, 6) is 0.811. The smallest absolute Gasteiger partial charge is 0.128 e. The highest BCUT2D eigenvalue weighted by Gasteiger charge is 2.22. The summed E-state index contributed by atoms with van der Waals surface area (Å²) >= 11 is 3.41. The molecule has 3 rings (SSSR count). The maximum absolute atomic E-state index is 10.7. The quantitative estimate of drug-likeness (QED) is 0.827. The van der Waals surface area contributed by atoms with Gasteiger partial charge in [0.2, 0.25) is 0 Å². The summed E-state index contributed by atoms with van der Waals surface area (Å²) in [4.78, 5) is 0. The van der Waals surface area contributed by atoms with E-state index in [0.29, 0.717) is 17.9 Å². The van der Waals surface area contributed by atoms with E-state index in [1.165, 1.54) is 0 Å². The number of halogens is 1. The lowest BCUT2D eigenvalue weighted by Crippen LogP contribution is -2.13. The Hall–Kier alpha value is -1.52. The summed E-state index contributed by atoms with van der Waals surface area (Å²) in [6, 6.07) is 11.4. The van der Waals surface area contributed by atoms with Crippen LogP contribution >= 0.6 is 15.9 Å². The van der Waals surface area contributed by atoms with Crippen molar-refractivity contribution in [1.82, 2.24) is 0 Å². The SMILES string of the molecule is Nc1ccc(Br)cc1C(O)c1cccc2c1OCCC2. The molecule has 3 N–H and O–H groups in total. The van der Waals surface area contributed by atoms with Crippen LogP contribution in [-0.4, -0.2) is 11.7 Å². The van der Waals surface area contributed by atoms with Gasteiger partial charge in [0, 0.05) is 21.3 Å². The van der Waals surface area contributed by atoms with Gasteiger partial charge in [0.05, 0.1) is 6.61 Å². The first-order chi connectivity index (χ1) is 9.66. The van der Waals surface area contributed by atoms with Crippen LogP contribution in [0.1, 0.15) is 29.2 Å². The highest BCUT2D eigenvalue weighted by molar-refractivity contribution is 9.10. The Kier molecular flexibility index (Phi) is 3.68. The minimum absolute atomic E-state index is 0.578. The number of aliphatic hydroxyl groups excluding tert-OH is 1. The van der Waals surface area contributed by atoms with Crippen molar-refractivity contribution in [2.45, 2.75) is 18.9 Å². The number of benzene rings is 2. The third-order valence-electron chi connectivity index (χ3n) is 3.60. The predicted octanol–water partition coefficient (Wildman–Crippen LogP) is 3.44. The zero-order valence-corrected chi connectivity index (χ0v) is 12.6. The second kappa shape index (κ2) is 5.46. The van der Waals surface area contributed by atoms with Crippen molar-refractivity contribution in [3.05, 3.63) is 57.6 Å². The molecule has 1 unspecified atom stereocenters. The molecule has 0 aliphatic carbocycles. The van der Waals surface area contributed by atoms with Crippen LogP contribution in [0.5, 0.6) is 5.75 Å². The highest BCUT2D eigenvalue weighted by atomic mass is 79.9. The number of ether oxygens (including phenoxy) is 1. The van der Waals surface area contributed by atoms with Crippen LogP contribution in [0.2, 0.25) is 0 Å². The molecule has 3 nitrogen and oxygen atoms in total. The summed E-state index contributed by atoms with van der Waals surface area (Å²) in [6.07, 6.45) is 1.23. The Balaban J connectivity index is 2.06. The van der Waals surface area contributed by atoms with Gasteiger partial charge >= 0.3 is 0 Å². The van der Waals surface area contributed by atoms with Gasteiger partial charge < -0.3 is 15.6 Å². The second-order valence-electron chi connectivity index (χ2n) is 4.96. The fraction of sp³-hybridized carbons (Fsp3) is 0.250. The minimum Gasteiger partial charge on any atom is -0.493 e. The summed E-state index contributed by atoms with van der Waals surface area (Å²) < 4.78 is 6.65. The van der Waals surface area contributed by atoms with Crippen LogP contribution in [0.4, 0.5) is 5.69 Å². The summed E-state index contributed by atoms with van der Waals surface area (Å²) in [6.45, 7) is 0.699. The average Bonchev–Trinajstić information content (AvgIpc) is 2.48. The molecule has 0 saturated carbocycles. The van der Waals surface area contributed by atoms with Crippen LogP contribution < -0.4 is 10.5 Å². The van der Waals surface area contributed by atoms with E-state index >= 15 is 0 Å². The lowest BCUT2D eigenvalue weighted by molar-refractivity contribution is 0.207. The first kappa shape index (κ1) is 13.5. The van der Waals surface area contributed by atoms with E-state index in [9.17, 15) is 5.11 Å². The normalized spacial score (nSPS) is 15.3. The summed E-state index contributed by atoms with van der Waals surface area (Å²) in [5.41, 5.74) is 9.19. The average molecular weight is 334 g/mol. The Morgan fingerprint density at radius 2 is 2.05 bits per heavy atom. The monoisotopic (exact) mass is 333 g/mol. The Morgan fingerprint density at radius 3 is 2.90 bits per heavy atom. The van der Waals surface area contributed by atoms with Crippen LogP contribution in [-0.2, 0) is 6.42 Å². The highest BCUT2D eigenvalue weighted by Crippen LogP contribution is 2.37. The molecule has 1 aliphatic rings. The van der Waals surface area contributed by atoms with E-state index in [4.69, 9.17) is 10.5 Å². The molecule has 1 aliphatic heterocycles. The molecule has 0 bridgehead atoms. The van der Waals surface area contributed by atoms with Gasteiger partial charge in [-0.1, -0.05) is 34.1 Å². The third-order valence-corrected chi connectivity index (χ3v) is 4.10. The molecule has 0 amide bonds. The topological polar surface area (TPSA) is 55.5 Å². The molecule has 4 heteroatoms. The summed E-state index contributed by atoms with van der Waals surface area (Å²) in [7, 11) is 0. The largest absolute Gasteiger partial charge is 0.493 e. The van der Waals surface area contributed by atoms with Crippen molar-refractivity contribution in [3.8, 4) is 5.75 Å². The zero-order chi connectivity index (χ0) is 14.1. The van der Waals surface area contributed by atoms with Crippen LogP contribution in [0.25, 0.3) is 0 Å². The van der Waals surface area contributed by atoms with E-state index in [-0.39, 0.29) is 0 Å². The molecule has 0 fully saturated rings. The van der Waals surface area contributed by atoms with Crippen LogP contribution in [0.15, 0.2) is 40.9 Å². The molecule has 0 spiro atoms. The van der Waals surface area contributed by atoms with E-state index in [1.54, 1.807) is 6.07 Å². The van der Waals surface area contributed by atoms with Crippen molar-refractivity contribution in [2.24, 2.45) is 0 Å². The number of aryl methyl sites for hydroxylation is 1. The Labute approximate surface area is 126 Å². The number of hydrogen-bond acceptors (Lipinski definition) is 3. The molecule has 0 saturated heterocycles. The minimum atomic E-state index is -0.777. The van der Waals surface area contributed by atoms with Crippen LogP contribution in [0.3, 0.4) is 0 Å². The lowest BCUT2D eigenvalue weighted by atomic mass is 9.95. The van der Waals surface area contributed by atoms with Gasteiger partial charge in [-0.15, -0.1) is 0 Å². The Bertz CT molecular complexity index is 642. The zero-order valence-electron chi connectivity index (χ0n) is 11.0. The number of hydrogen-bond donors (Lipinski definition) is 2.